The van der Waals surface area contributed by atoms with Crippen LogP contribution in [0.15, 0.2) is 59.5 Å². The maximum absolute atomic E-state index is 12.3. The van der Waals surface area contributed by atoms with Crippen LogP contribution in [-0.4, -0.2) is 22.6 Å². The number of fused-ring (bicyclic) bond motifs is 1. The standard InChI is InChI=1S/C19H19N3O3/c1-25-13-15-7-3-2-6-14(15)10-21-18(23)12-22-17-9-5-4-8-16(17)20-11-19(22)24/h2-9,11H,10,12-13H2,1H3,(H,21,23). The molecule has 0 bridgehead atoms. The van der Waals surface area contributed by atoms with Crippen molar-refractivity contribution in [2.75, 3.05) is 7.11 Å². The van der Waals surface area contributed by atoms with Crippen molar-refractivity contribution in [3.05, 3.63) is 76.2 Å². The highest BCUT2D eigenvalue weighted by Crippen LogP contribution is 2.10. The minimum absolute atomic E-state index is 0.0473. The Morgan fingerprint density at radius 2 is 1.84 bits per heavy atom. The number of hydrogen-bond acceptors (Lipinski definition) is 4. The lowest BCUT2D eigenvalue weighted by molar-refractivity contribution is -0.121. The number of carbonyl (C=O) groups excluding carboxylic acids is 1. The molecular weight excluding hydrogens is 318 g/mol. The lowest BCUT2D eigenvalue weighted by Gasteiger charge is -2.12. The van der Waals surface area contributed by atoms with E-state index in [-0.39, 0.29) is 18.0 Å². The summed E-state index contributed by atoms with van der Waals surface area (Å²) >= 11 is 0. The zero-order valence-electron chi connectivity index (χ0n) is 13.9. The van der Waals surface area contributed by atoms with Crippen molar-refractivity contribution in [3.8, 4) is 0 Å². The summed E-state index contributed by atoms with van der Waals surface area (Å²) in [4.78, 5) is 28.5. The molecular formula is C19H19N3O3. The third-order valence-electron chi connectivity index (χ3n) is 3.95. The molecule has 1 aromatic heterocycles. The molecule has 1 N–H and O–H groups in total. The fraction of sp³-hybridized carbons (Fsp3) is 0.211. The Balaban J connectivity index is 1.74. The van der Waals surface area contributed by atoms with Gasteiger partial charge in [-0.2, -0.15) is 0 Å². The summed E-state index contributed by atoms with van der Waals surface area (Å²) in [5, 5.41) is 2.86. The molecule has 3 aromatic rings. The molecule has 0 spiro atoms. The quantitative estimate of drug-likeness (QED) is 0.745. The highest BCUT2D eigenvalue weighted by molar-refractivity contribution is 5.79. The number of carbonyl (C=O) groups is 1. The van der Waals surface area contributed by atoms with Crippen LogP contribution in [0, 0.1) is 0 Å². The number of aromatic nitrogens is 2. The lowest BCUT2D eigenvalue weighted by atomic mass is 10.1. The summed E-state index contributed by atoms with van der Waals surface area (Å²) < 4.78 is 6.60. The number of benzene rings is 2. The second kappa shape index (κ2) is 7.72. The fourth-order valence-corrected chi connectivity index (χ4v) is 2.70. The molecule has 0 aliphatic heterocycles. The van der Waals surface area contributed by atoms with E-state index in [1.165, 1.54) is 10.8 Å². The number of methoxy groups -OCH3 is 1. The van der Waals surface area contributed by atoms with Crippen LogP contribution in [-0.2, 0) is 29.2 Å². The van der Waals surface area contributed by atoms with Gasteiger partial charge in [0.2, 0.25) is 5.91 Å². The summed E-state index contributed by atoms with van der Waals surface area (Å²) in [6, 6.07) is 15.0. The molecule has 0 fully saturated rings. The van der Waals surface area contributed by atoms with Crippen molar-refractivity contribution in [2.24, 2.45) is 0 Å². The number of rotatable bonds is 6. The maximum Gasteiger partial charge on any atom is 0.269 e. The first kappa shape index (κ1) is 16.9. The van der Waals surface area contributed by atoms with Gasteiger partial charge in [0.1, 0.15) is 6.54 Å². The Bertz CT molecular complexity index is 950. The second-order valence-corrected chi connectivity index (χ2v) is 5.65. The topological polar surface area (TPSA) is 73.2 Å². The maximum atomic E-state index is 12.3. The smallest absolute Gasteiger partial charge is 0.269 e. The number of hydrogen-bond donors (Lipinski definition) is 1. The average Bonchev–Trinajstić information content (AvgIpc) is 2.64. The van der Waals surface area contributed by atoms with E-state index in [9.17, 15) is 9.59 Å². The molecule has 6 heteroatoms. The van der Waals surface area contributed by atoms with Crippen molar-refractivity contribution in [3.63, 3.8) is 0 Å². The van der Waals surface area contributed by atoms with Crippen molar-refractivity contribution in [1.29, 1.82) is 0 Å². The Kier molecular flexibility index (Phi) is 5.20. The van der Waals surface area contributed by atoms with E-state index in [2.05, 4.69) is 10.3 Å². The summed E-state index contributed by atoms with van der Waals surface area (Å²) in [6.07, 6.45) is 1.24. The molecule has 0 aliphatic rings. The average molecular weight is 337 g/mol. The van der Waals surface area contributed by atoms with E-state index in [4.69, 9.17) is 4.74 Å². The highest BCUT2D eigenvalue weighted by atomic mass is 16.5. The van der Waals surface area contributed by atoms with Gasteiger partial charge in [-0.3, -0.25) is 14.2 Å². The second-order valence-electron chi connectivity index (χ2n) is 5.65. The molecule has 0 unspecified atom stereocenters. The van der Waals surface area contributed by atoms with Crippen molar-refractivity contribution in [1.82, 2.24) is 14.9 Å². The molecule has 0 radical (unpaired) electrons. The number of para-hydroxylation sites is 2. The van der Waals surface area contributed by atoms with E-state index in [1.54, 1.807) is 13.2 Å². The first-order valence-electron chi connectivity index (χ1n) is 7.96. The van der Waals surface area contributed by atoms with Crippen LogP contribution in [0.4, 0.5) is 0 Å². The van der Waals surface area contributed by atoms with Gasteiger partial charge in [-0.25, -0.2) is 4.98 Å². The van der Waals surface area contributed by atoms with E-state index in [0.717, 1.165) is 11.1 Å². The zero-order chi connectivity index (χ0) is 17.6. The summed E-state index contributed by atoms with van der Waals surface area (Å²) in [7, 11) is 1.64. The van der Waals surface area contributed by atoms with Gasteiger partial charge in [0.25, 0.3) is 5.56 Å². The number of nitrogens with zero attached hydrogens (tertiary/aromatic N) is 2. The molecule has 0 saturated carbocycles. The van der Waals surface area contributed by atoms with Crippen LogP contribution in [0.5, 0.6) is 0 Å². The van der Waals surface area contributed by atoms with Crippen LogP contribution in [0.1, 0.15) is 11.1 Å². The summed E-state index contributed by atoms with van der Waals surface area (Å²) in [5.74, 6) is -0.231. The molecule has 1 heterocycles. The Labute approximate surface area is 145 Å². The van der Waals surface area contributed by atoms with Gasteiger partial charge in [0, 0.05) is 13.7 Å². The van der Waals surface area contributed by atoms with E-state index in [1.807, 2.05) is 42.5 Å². The monoisotopic (exact) mass is 337 g/mol. The van der Waals surface area contributed by atoms with Crippen molar-refractivity contribution in [2.45, 2.75) is 19.7 Å². The summed E-state index contributed by atoms with van der Waals surface area (Å²) in [6.45, 7) is 0.824. The van der Waals surface area contributed by atoms with E-state index >= 15 is 0 Å². The Morgan fingerprint density at radius 3 is 2.64 bits per heavy atom. The van der Waals surface area contributed by atoms with Gasteiger partial charge in [0.15, 0.2) is 0 Å². The normalized spacial score (nSPS) is 10.8. The first-order chi connectivity index (χ1) is 12.2. The molecule has 1 amide bonds. The first-order valence-corrected chi connectivity index (χ1v) is 7.96. The van der Waals surface area contributed by atoms with Crippen LogP contribution in [0.2, 0.25) is 0 Å². The molecule has 25 heavy (non-hydrogen) atoms. The largest absolute Gasteiger partial charge is 0.380 e. The molecule has 0 aliphatic carbocycles. The highest BCUT2D eigenvalue weighted by Gasteiger charge is 2.09. The lowest BCUT2D eigenvalue weighted by Crippen LogP contribution is -2.32. The Morgan fingerprint density at radius 1 is 1.12 bits per heavy atom. The minimum Gasteiger partial charge on any atom is -0.380 e. The van der Waals surface area contributed by atoms with Gasteiger partial charge in [-0.05, 0) is 23.3 Å². The van der Waals surface area contributed by atoms with Crippen LogP contribution in [0.3, 0.4) is 0 Å². The van der Waals surface area contributed by atoms with Gasteiger partial charge in [0.05, 0.1) is 23.8 Å². The van der Waals surface area contributed by atoms with Gasteiger partial charge >= 0.3 is 0 Å². The minimum atomic E-state index is -0.298. The predicted octanol–water partition coefficient (Wildman–Crippen LogP) is 1.86. The van der Waals surface area contributed by atoms with Crippen molar-refractivity contribution < 1.29 is 9.53 Å². The van der Waals surface area contributed by atoms with E-state index in [0.29, 0.717) is 24.2 Å². The predicted molar refractivity (Wildman–Crippen MR) is 95.0 cm³/mol. The summed E-state index contributed by atoms with van der Waals surface area (Å²) in [5.41, 5.74) is 3.04. The van der Waals surface area contributed by atoms with Crippen LogP contribution < -0.4 is 10.9 Å². The molecule has 0 saturated heterocycles. The SMILES string of the molecule is COCc1ccccc1CNC(=O)Cn1c(=O)cnc2ccccc21. The molecule has 0 atom stereocenters. The number of amides is 1. The Hall–Kier alpha value is -2.99. The van der Waals surface area contributed by atoms with Gasteiger partial charge in [-0.1, -0.05) is 36.4 Å². The molecule has 3 rings (SSSR count). The van der Waals surface area contributed by atoms with Gasteiger partial charge < -0.3 is 10.1 Å². The molecule has 128 valence electrons. The zero-order valence-corrected chi connectivity index (χ0v) is 13.9. The van der Waals surface area contributed by atoms with Crippen LogP contribution in [0.25, 0.3) is 11.0 Å². The molecule has 2 aromatic carbocycles. The van der Waals surface area contributed by atoms with Crippen molar-refractivity contribution >= 4 is 16.9 Å². The number of nitrogens with one attached hydrogen (secondary N) is 1. The van der Waals surface area contributed by atoms with E-state index < -0.39 is 0 Å². The number of ether oxygens (including phenoxy) is 1. The fourth-order valence-electron chi connectivity index (χ4n) is 2.70. The third kappa shape index (κ3) is 3.92. The third-order valence-corrected chi connectivity index (χ3v) is 3.95. The van der Waals surface area contributed by atoms with Crippen LogP contribution >= 0.6 is 0 Å². The molecule has 6 nitrogen and oxygen atoms in total. The van der Waals surface area contributed by atoms with Gasteiger partial charge in [-0.15, -0.1) is 0 Å².